The lowest BCUT2D eigenvalue weighted by Gasteiger charge is -2.23. The predicted molar refractivity (Wildman–Crippen MR) is 188 cm³/mol. The molecule has 246 valence electrons. The Morgan fingerprint density at radius 1 is 0.412 bits per heavy atom. The third-order valence-corrected chi connectivity index (χ3v) is 8.80. The number of nitrogens with zero attached hydrogens (tertiary/aromatic N) is 6. The van der Waals surface area contributed by atoms with Gasteiger partial charge in [0.25, 0.3) is 0 Å². The Morgan fingerprint density at radius 2 is 0.725 bits per heavy atom. The summed E-state index contributed by atoms with van der Waals surface area (Å²) in [4.78, 5) is 0. The van der Waals surface area contributed by atoms with E-state index in [9.17, 15) is 10.5 Å². The summed E-state index contributed by atoms with van der Waals surface area (Å²) in [6, 6.07) is 43.0. The van der Waals surface area contributed by atoms with Crippen molar-refractivity contribution in [2.24, 2.45) is 0 Å². The molecular formula is C40H28N6O4Si. The molecule has 0 heterocycles. The Morgan fingerprint density at radius 3 is 1.06 bits per heavy atom. The molecule has 51 heavy (non-hydrogen) atoms. The van der Waals surface area contributed by atoms with Crippen LogP contribution in [0.2, 0.25) is 13.1 Å². The highest BCUT2D eigenvalue weighted by Crippen LogP contribution is 2.26. The maximum absolute atomic E-state index is 9.20. The maximum Gasteiger partial charge on any atom is 0.332 e. The van der Waals surface area contributed by atoms with Gasteiger partial charge >= 0.3 is 8.56 Å². The van der Waals surface area contributed by atoms with Gasteiger partial charge in [-0.15, -0.1) is 0 Å². The van der Waals surface area contributed by atoms with E-state index in [-0.39, 0.29) is 11.1 Å². The van der Waals surface area contributed by atoms with Crippen molar-refractivity contribution in [1.82, 2.24) is 0 Å². The number of ether oxygens (including phenoxy) is 2. The van der Waals surface area contributed by atoms with Crippen LogP contribution in [0.15, 0.2) is 109 Å². The monoisotopic (exact) mass is 684 g/mol. The lowest BCUT2D eigenvalue weighted by atomic mass is 10.1. The minimum atomic E-state index is -2.43. The molecule has 0 fully saturated rings. The van der Waals surface area contributed by atoms with Crippen molar-refractivity contribution in [3.05, 3.63) is 154 Å². The van der Waals surface area contributed by atoms with E-state index in [2.05, 4.69) is 0 Å². The first-order chi connectivity index (χ1) is 24.7. The molecule has 10 nitrogen and oxygen atoms in total. The summed E-state index contributed by atoms with van der Waals surface area (Å²) in [5.74, 6) is 2.17. The molecule has 5 rings (SSSR count). The van der Waals surface area contributed by atoms with Crippen LogP contribution in [0, 0.1) is 68.0 Å². The fourth-order valence-corrected chi connectivity index (χ4v) is 5.48. The van der Waals surface area contributed by atoms with Gasteiger partial charge in [-0.1, -0.05) is 36.4 Å². The molecule has 0 aliphatic carbocycles. The first-order valence-corrected chi connectivity index (χ1v) is 18.1. The van der Waals surface area contributed by atoms with Crippen LogP contribution in [-0.4, -0.2) is 8.56 Å². The minimum Gasteiger partial charge on any atom is -0.457 e. The molecule has 0 bridgehead atoms. The SMILES string of the molecule is C[Si](C)(OCc1ccc(Oc2ccc(C#N)c(C#N)c2)cc1)OCc1ccc(Oc2ccc(C#N)c(C#N)c2)cc1.N#Cc1ccccc1C#N. The molecule has 0 aromatic heterocycles. The van der Waals surface area contributed by atoms with Crippen molar-refractivity contribution in [3.8, 4) is 59.4 Å². The first-order valence-electron chi connectivity index (χ1n) is 15.3. The third kappa shape index (κ3) is 10.6. The highest BCUT2D eigenvalue weighted by molar-refractivity contribution is 6.64. The van der Waals surface area contributed by atoms with Crippen LogP contribution in [0.3, 0.4) is 0 Å². The second-order valence-electron chi connectivity index (χ2n) is 11.1. The summed E-state index contributed by atoms with van der Waals surface area (Å²) in [5.41, 5.74) is 3.95. The van der Waals surface area contributed by atoms with E-state index in [1.165, 1.54) is 0 Å². The second-order valence-corrected chi connectivity index (χ2v) is 14.5. The summed E-state index contributed by atoms with van der Waals surface area (Å²) < 4.78 is 23.9. The van der Waals surface area contributed by atoms with E-state index in [0.29, 0.717) is 58.5 Å². The van der Waals surface area contributed by atoms with Crippen molar-refractivity contribution in [3.63, 3.8) is 0 Å². The molecule has 11 heteroatoms. The highest BCUT2D eigenvalue weighted by Gasteiger charge is 2.24. The van der Waals surface area contributed by atoms with Gasteiger partial charge in [0.2, 0.25) is 0 Å². The Balaban J connectivity index is 0.000000502. The Kier molecular flexibility index (Phi) is 12.8. The van der Waals surface area contributed by atoms with Gasteiger partial charge in [-0.3, -0.25) is 0 Å². The molecule has 0 amide bonds. The fraction of sp³-hybridized carbons (Fsp3) is 0.100. The third-order valence-electron chi connectivity index (χ3n) is 7.12. The normalized spacial score (nSPS) is 9.96. The molecule has 0 spiro atoms. The Hall–Kier alpha value is -7.22. The lowest BCUT2D eigenvalue weighted by Crippen LogP contribution is -2.34. The number of hydrogen-bond acceptors (Lipinski definition) is 10. The minimum absolute atomic E-state index is 0.268. The van der Waals surface area contributed by atoms with Gasteiger partial charge in [-0.25, -0.2) is 0 Å². The van der Waals surface area contributed by atoms with Gasteiger partial charge in [0.05, 0.1) is 46.6 Å². The summed E-state index contributed by atoms with van der Waals surface area (Å²) in [6.07, 6.45) is 0. The van der Waals surface area contributed by atoms with Gasteiger partial charge in [0.1, 0.15) is 59.4 Å². The van der Waals surface area contributed by atoms with E-state index < -0.39 is 8.56 Å². The van der Waals surface area contributed by atoms with Crippen LogP contribution in [0.25, 0.3) is 0 Å². The zero-order chi connectivity index (χ0) is 36.6. The number of rotatable bonds is 10. The van der Waals surface area contributed by atoms with E-state index in [0.717, 1.165) is 11.1 Å². The van der Waals surface area contributed by atoms with Crippen LogP contribution < -0.4 is 9.47 Å². The average molecular weight is 685 g/mol. The summed E-state index contributed by atoms with van der Waals surface area (Å²) >= 11 is 0. The van der Waals surface area contributed by atoms with Gasteiger partial charge < -0.3 is 18.3 Å². The number of hydrogen-bond donors (Lipinski definition) is 0. The van der Waals surface area contributed by atoms with E-state index in [1.807, 2.05) is 98.0 Å². The number of benzene rings is 5. The smallest absolute Gasteiger partial charge is 0.332 e. The first kappa shape index (κ1) is 36.6. The molecular weight excluding hydrogens is 657 g/mol. The summed E-state index contributed by atoms with van der Waals surface area (Å²) in [5, 5.41) is 53.4. The largest absolute Gasteiger partial charge is 0.457 e. The Bertz CT molecular complexity index is 2100. The summed E-state index contributed by atoms with van der Waals surface area (Å²) in [6.45, 7) is 4.74. The quantitative estimate of drug-likeness (QED) is 0.129. The summed E-state index contributed by atoms with van der Waals surface area (Å²) in [7, 11) is -2.43. The molecule has 0 aliphatic heterocycles. The van der Waals surface area contributed by atoms with Crippen molar-refractivity contribution in [1.29, 1.82) is 31.6 Å². The highest BCUT2D eigenvalue weighted by atomic mass is 28.4. The van der Waals surface area contributed by atoms with E-state index in [1.54, 1.807) is 60.7 Å². The molecule has 0 unspecified atom stereocenters. The predicted octanol–water partition coefficient (Wildman–Crippen LogP) is 8.62. The van der Waals surface area contributed by atoms with E-state index in [4.69, 9.17) is 39.4 Å². The number of nitriles is 6. The molecule has 0 N–H and O–H groups in total. The van der Waals surface area contributed by atoms with Crippen LogP contribution in [0.5, 0.6) is 23.0 Å². The van der Waals surface area contributed by atoms with Crippen LogP contribution >= 0.6 is 0 Å². The molecule has 5 aromatic rings. The Labute approximate surface area is 297 Å². The molecule has 0 aliphatic rings. The topological polar surface area (TPSA) is 180 Å². The van der Waals surface area contributed by atoms with Crippen molar-refractivity contribution in [2.75, 3.05) is 0 Å². The molecule has 0 saturated heterocycles. The lowest BCUT2D eigenvalue weighted by molar-refractivity contribution is 0.164. The molecule has 0 saturated carbocycles. The van der Waals surface area contributed by atoms with Gasteiger partial charge in [-0.2, -0.15) is 31.6 Å². The zero-order valence-electron chi connectivity index (χ0n) is 27.6. The van der Waals surface area contributed by atoms with Gasteiger partial charge in [0, 0.05) is 0 Å². The maximum atomic E-state index is 9.20. The standard InChI is InChI=1S/C32H24N4O4Si.C8H4N2/c1-41(2,37-21-23-3-9-29(10-4-23)39-31-13-7-25(17-33)27(15-31)19-35)38-22-24-5-11-30(12-6-24)40-32-14-8-26(18-34)28(16-32)20-36;9-5-7-3-1-2-4-8(7)6-10/h3-16H,21-22H2,1-2H3;1-4H. The van der Waals surface area contributed by atoms with Crippen LogP contribution in [0.1, 0.15) is 44.5 Å². The van der Waals surface area contributed by atoms with Crippen molar-refractivity contribution >= 4 is 8.56 Å². The average Bonchev–Trinajstić information content (AvgIpc) is 3.17. The van der Waals surface area contributed by atoms with Crippen LogP contribution in [0.4, 0.5) is 0 Å². The second kappa shape index (κ2) is 17.8. The van der Waals surface area contributed by atoms with Crippen LogP contribution in [-0.2, 0) is 22.1 Å². The van der Waals surface area contributed by atoms with Crippen molar-refractivity contribution in [2.45, 2.75) is 26.3 Å². The van der Waals surface area contributed by atoms with Gasteiger partial charge in [0.15, 0.2) is 0 Å². The van der Waals surface area contributed by atoms with Crippen molar-refractivity contribution < 1.29 is 18.3 Å². The zero-order valence-corrected chi connectivity index (χ0v) is 28.6. The fourth-order valence-electron chi connectivity index (χ4n) is 4.37. The molecule has 0 radical (unpaired) electrons. The van der Waals surface area contributed by atoms with E-state index >= 15 is 0 Å². The molecule has 5 aromatic carbocycles. The van der Waals surface area contributed by atoms with Gasteiger partial charge in [-0.05, 0) is 97.0 Å². The molecule has 0 atom stereocenters.